The van der Waals surface area contributed by atoms with Crippen LogP contribution >= 0.6 is 0 Å². The Morgan fingerprint density at radius 2 is 2.11 bits per heavy atom. The first-order valence-electron chi connectivity index (χ1n) is 8.21. The molecule has 2 heterocycles. The number of nitrogens with zero attached hydrogens (tertiary/aromatic N) is 3. The first-order valence-corrected chi connectivity index (χ1v) is 8.21. The molecule has 0 unspecified atom stereocenters. The molecule has 27 heavy (non-hydrogen) atoms. The molecule has 0 spiro atoms. The highest BCUT2D eigenvalue weighted by molar-refractivity contribution is 6.16. The number of hydrogen-bond acceptors (Lipinski definition) is 5. The molecular formula is C19H15FN4O3. The zero-order valence-electron chi connectivity index (χ0n) is 14.6. The van der Waals surface area contributed by atoms with Crippen LogP contribution in [0, 0.1) is 5.82 Å². The minimum Gasteiger partial charge on any atom is -0.399 e. The smallest absolute Gasteiger partial charge is 0.266 e. The van der Waals surface area contributed by atoms with Crippen LogP contribution in [0.5, 0.6) is 0 Å². The summed E-state index contributed by atoms with van der Waals surface area (Å²) in [5.74, 6) is -0.309. The summed E-state index contributed by atoms with van der Waals surface area (Å²) >= 11 is 0. The Hall–Kier alpha value is -3.55. The molecule has 1 aliphatic heterocycles. The van der Waals surface area contributed by atoms with Gasteiger partial charge in [-0.1, -0.05) is 11.2 Å². The van der Waals surface area contributed by atoms with Gasteiger partial charge in [-0.2, -0.15) is 0 Å². The van der Waals surface area contributed by atoms with Crippen LogP contribution in [0.2, 0.25) is 0 Å². The van der Waals surface area contributed by atoms with Crippen LogP contribution in [0.15, 0.2) is 46.3 Å². The molecule has 136 valence electrons. The average Bonchev–Trinajstić information content (AvgIpc) is 2.93. The lowest BCUT2D eigenvalue weighted by Gasteiger charge is -2.08. The quantitative estimate of drug-likeness (QED) is 0.561. The largest absolute Gasteiger partial charge is 0.399 e. The predicted molar refractivity (Wildman–Crippen MR) is 97.5 cm³/mol. The highest BCUT2D eigenvalue weighted by Crippen LogP contribution is 2.28. The molecular weight excluding hydrogens is 351 g/mol. The first-order chi connectivity index (χ1) is 13.0. The van der Waals surface area contributed by atoms with Crippen molar-refractivity contribution in [1.82, 2.24) is 14.9 Å². The minimum atomic E-state index is -0.444. The van der Waals surface area contributed by atoms with Crippen LogP contribution in [0.3, 0.4) is 0 Å². The standard InChI is InChI=1S/C19H15FN4O3/c1-10(25)21-9-11-3-5-13-15(7-11)22-18-17(23-27-2)14-8-12(20)4-6-16(14)24(18)19(13)26/h3-8H,9H2,1-2H3,(H,21,25)/b23-17+. The molecule has 0 radical (unpaired) electrons. The van der Waals surface area contributed by atoms with Crippen molar-refractivity contribution >= 4 is 22.5 Å². The summed E-state index contributed by atoms with van der Waals surface area (Å²) in [6.07, 6.45) is 0. The van der Waals surface area contributed by atoms with E-state index in [0.29, 0.717) is 34.4 Å². The molecule has 0 saturated heterocycles. The number of rotatable bonds is 3. The third-order valence-corrected chi connectivity index (χ3v) is 4.32. The van der Waals surface area contributed by atoms with E-state index in [2.05, 4.69) is 15.5 Å². The number of hydrogen-bond donors (Lipinski definition) is 1. The van der Waals surface area contributed by atoms with Crippen molar-refractivity contribution in [2.24, 2.45) is 5.16 Å². The Bertz CT molecular complexity index is 1180. The van der Waals surface area contributed by atoms with Crippen LogP contribution in [0.25, 0.3) is 16.6 Å². The molecule has 0 aliphatic carbocycles. The molecule has 0 bridgehead atoms. The second-order valence-corrected chi connectivity index (χ2v) is 6.12. The van der Waals surface area contributed by atoms with Crippen molar-refractivity contribution in [3.8, 4) is 5.69 Å². The van der Waals surface area contributed by atoms with Crippen LogP contribution in [0.1, 0.15) is 23.9 Å². The third kappa shape index (κ3) is 2.75. The van der Waals surface area contributed by atoms with Crippen molar-refractivity contribution in [3.05, 3.63) is 69.5 Å². The van der Waals surface area contributed by atoms with Crippen molar-refractivity contribution in [3.63, 3.8) is 0 Å². The first kappa shape index (κ1) is 16.9. The second-order valence-electron chi connectivity index (χ2n) is 6.12. The number of halogens is 1. The van der Waals surface area contributed by atoms with Gasteiger partial charge in [0.2, 0.25) is 5.91 Å². The van der Waals surface area contributed by atoms with Gasteiger partial charge in [-0.3, -0.25) is 14.2 Å². The Morgan fingerprint density at radius 1 is 1.30 bits per heavy atom. The van der Waals surface area contributed by atoms with Crippen LogP contribution in [0.4, 0.5) is 4.39 Å². The van der Waals surface area contributed by atoms with Crippen LogP contribution < -0.4 is 10.9 Å². The van der Waals surface area contributed by atoms with Crippen molar-refractivity contribution in [2.75, 3.05) is 7.11 Å². The number of fused-ring (bicyclic) bond motifs is 4. The maximum atomic E-state index is 13.7. The molecule has 3 aromatic rings. The van der Waals surface area contributed by atoms with Gasteiger partial charge in [-0.25, -0.2) is 9.37 Å². The number of benzene rings is 2. The molecule has 1 aliphatic rings. The van der Waals surface area contributed by atoms with E-state index in [9.17, 15) is 14.0 Å². The summed E-state index contributed by atoms with van der Waals surface area (Å²) in [7, 11) is 1.37. The molecule has 2 aromatic carbocycles. The van der Waals surface area contributed by atoms with Gasteiger partial charge < -0.3 is 10.2 Å². The van der Waals surface area contributed by atoms with E-state index in [-0.39, 0.29) is 17.3 Å². The minimum absolute atomic E-state index is 0.149. The van der Waals surface area contributed by atoms with E-state index in [4.69, 9.17) is 4.84 Å². The summed E-state index contributed by atoms with van der Waals surface area (Å²) in [6.45, 7) is 1.76. The topological polar surface area (TPSA) is 85.6 Å². The number of carbonyl (C=O) groups excluding carboxylic acids is 1. The Morgan fingerprint density at radius 3 is 2.85 bits per heavy atom. The maximum Gasteiger partial charge on any atom is 0.266 e. The van der Waals surface area contributed by atoms with Crippen molar-refractivity contribution in [2.45, 2.75) is 13.5 Å². The summed E-state index contributed by atoms with van der Waals surface area (Å²) < 4.78 is 15.1. The molecule has 1 aromatic heterocycles. The van der Waals surface area contributed by atoms with Crippen LogP contribution in [-0.2, 0) is 16.2 Å². The zero-order chi connectivity index (χ0) is 19.1. The Balaban J connectivity index is 1.95. The Labute approximate surface area is 153 Å². The van der Waals surface area contributed by atoms with E-state index in [1.165, 1.54) is 36.8 Å². The van der Waals surface area contributed by atoms with Gasteiger partial charge in [0, 0.05) is 19.0 Å². The highest BCUT2D eigenvalue weighted by Gasteiger charge is 2.29. The molecule has 8 heteroatoms. The molecule has 0 atom stereocenters. The van der Waals surface area contributed by atoms with E-state index >= 15 is 0 Å². The number of oxime groups is 1. The molecule has 1 amide bonds. The van der Waals surface area contributed by atoms with Gasteiger partial charge >= 0.3 is 0 Å². The SMILES string of the molecule is CO/N=C1\c2cc(F)ccc2-n2c1nc1cc(CNC(C)=O)ccc1c2=O. The summed E-state index contributed by atoms with van der Waals surface area (Å²) in [5, 5.41) is 7.07. The Kier molecular flexibility index (Phi) is 3.95. The molecule has 0 saturated carbocycles. The van der Waals surface area contributed by atoms with Crippen molar-refractivity contribution in [1.29, 1.82) is 0 Å². The predicted octanol–water partition coefficient (Wildman–Crippen LogP) is 1.87. The van der Waals surface area contributed by atoms with E-state index < -0.39 is 5.82 Å². The number of carbonyl (C=O) groups is 1. The van der Waals surface area contributed by atoms with Gasteiger partial charge in [0.25, 0.3) is 5.56 Å². The van der Waals surface area contributed by atoms with E-state index in [1.807, 2.05) is 0 Å². The fourth-order valence-corrected chi connectivity index (χ4v) is 3.14. The van der Waals surface area contributed by atoms with E-state index in [1.54, 1.807) is 18.2 Å². The molecule has 4 rings (SSSR count). The summed E-state index contributed by atoms with van der Waals surface area (Å²) in [4.78, 5) is 33.6. The maximum absolute atomic E-state index is 13.7. The lowest BCUT2D eigenvalue weighted by atomic mass is 10.1. The van der Waals surface area contributed by atoms with Gasteiger partial charge in [0.05, 0.1) is 16.6 Å². The van der Waals surface area contributed by atoms with Gasteiger partial charge in [-0.15, -0.1) is 0 Å². The second kappa shape index (κ2) is 6.31. The van der Waals surface area contributed by atoms with Gasteiger partial charge in [-0.05, 0) is 35.9 Å². The lowest BCUT2D eigenvalue weighted by molar-refractivity contribution is -0.119. The molecule has 7 nitrogen and oxygen atoms in total. The fourth-order valence-electron chi connectivity index (χ4n) is 3.14. The van der Waals surface area contributed by atoms with Crippen molar-refractivity contribution < 1.29 is 14.0 Å². The highest BCUT2D eigenvalue weighted by atomic mass is 19.1. The number of nitrogens with one attached hydrogen (secondary N) is 1. The monoisotopic (exact) mass is 366 g/mol. The zero-order valence-corrected chi connectivity index (χ0v) is 14.6. The lowest BCUT2D eigenvalue weighted by Crippen LogP contribution is -2.22. The molecule has 0 fully saturated rings. The summed E-state index contributed by atoms with van der Waals surface area (Å²) in [6, 6.07) is 9.27. The average molecular weight is 366 g/mol. The van der Waals surface area contributed by atoms with Gasteiger partial charge in [0.1, 0.15) is 12.9 Å². The van der Waals surface area contributed by atoms with Crippen LogP contribution in [-0.4, -0.2) is 28.3 Å². The normalized spacial score (nSPS) is 13.5. The number of aromatic nitrogens is 2. The fraction of sp³-hybridized carbons (Fsp3) is 0.158. The van der Waals surface area contributed by atoms with E-state index in [0.717, 1.165) is 5.56 Å². The molecule has 1 N–H and O–H groups in total. The van der Waals surface area contributed by atoms with Gasteiger partial charge in [0.15, 0.2) is 11.5 Å². The summed E-state index contributed by atoms with van der Waals surface area (Å²) in [5.41, 5.74) is 2.22. The number of amides is 1. The third-order valence-electron chi connectivity index (χ3n) is 4.32.